The number of nitrogens with zero attached hydrogens (tertiary/aromatic N) is 2. The second kappa shape index (κ2) is 7.34. The van der Waals surface area contributed by atoms with Crippen molar-refractivity contribution >= 4 is 54.4 Å². The van der Waals surface area contributed by atoms with Gasteiger partial charge in [0.1, 0.15) is 0 Å². The number of rotatable bonds is 2. The van der Waals surface area contributed by atoms with E-state index in [-0.39, 0.29) is 0 Å². The number of para-hydroxylation sites is 3. The van der Waals surface area contributed by atoms with Crippen LogP contribution in [0.5, 0.6) is 0 Å². The topological polar surface area (TPSA) is 9.86 Å². The molecule has 0 saturated carbocycles. The van der Waals surface area contributed by atoms with Crippen molar-refractivity contribution in [1.82, 2.24) is 9.13 Å². The van der Waals surface area contributed by atoms with Crippen LogP contribution < -0.4 is 0 Å². The highest BCUT2D eigenvalue weighted by molar-refractivity contribution is 6.23. The monoisotopic (exact) mass is 458 g/mol. The highest BCUT2D eigenvalue weighted by Gasteiger charge is 2.19. The van der Waals surface area contributed by atoms with Crippen molar-refractivity contribution in [3.63, 3.8) is 0 Å². The predicted molar refractivity (Wildman–Crippen MR) is 153 cm³/mol. The number of hydrogen-bond acceptors (Lipinski definition) is 0. The summed E-state index contributed by atoms with van der Waals surface area (Å²) in [5.41, 5.74) is 7.32. The van der Waals surface area contributed by atoms with Gasteiger partial charge >= 0.3 is 0 Å². The van der Waals surface area contributed by atoms with Crippen molar-refractivity contribution in [3.05, 3.63) is 133 Å². The minimum Gasteiger partial charge on any atom is -0.309 e. The van der Waals surface area contributed by atoms with Gasteiger partial charge in [0, 0.05) is 38.3 Å². The summed E-state index contributed by atoms with van der Waals surface area (Å²) in [6.07, 6.45) is 0. The Morgan fingerprint density at radius 1 is 0.333 bits per heavy atom. The first-order chi connectivity index (χ1) is 17.9. The largest absolute Gasteiger partial charge is 0.309 e. The van der Waals surface area contributed by atoms with Crippen molar-refractivity contribution in [2.75, 3.05) is 0 Å². The summed E-state index contributed by atoms with van der Waals surface area (Å²) in [6.45, 7) is 0. The van der Waals surface area contributed by atoms with E-state index in [4.69, 9.17) is 0 Å². The lowest BCUT2D eigenvalue weighted by atomic mass is 10.0. The first-order valence-electron chi connectivity index (χ1n) is 12.4. The fourth-order valence-electron chi connectivity index (χ4n) is 5.94. The number of aromatic nitrogens is 2. The smallest absolute Gasteiger partial charge is 0.0619 e. The van der Waals surface area contributed by atoms with E-state index < -0.39 is 0 Å². The summed E-state index contributed by atoms with van der Waals surface area (Å²) in [4.78, 5) is 0. The molecular formula is C34H22N2. The van der Waals surface area contributed by atoms with Crippen LogP contribution in [0.15, 0.2) is 133 Å². The van der Waals surface area contributed by atoms with Crippen LogP contribution in [0.25, 0.3) is 65.8 Å². The zero-order chi connectivity index (χ0) is 23.6. The Morgan fingerprint density at radius 3 is 1.64 bits per heavy atom. The van der Waals surface area contributed by atoms with Gasteiger partial charge in [-0.05, 0) is 47.9 Å². The average molecular weight is 459 g/mol. The first-order valence-corrected chi connectivity index (χ1v) is 12.4. The van der Waals surface area contributed by atoms with Gasteiger partial charge in [-0.1, -0.05) is 91.0 Å². The van der Waals surface area contributed by atoms with Crippen LogP contribution in [0.4, 0.5) is 0 Å². The van der Waals surface area contributed by atoms with Gasteiger partial charge in [-0.3, -0.25) is 0 Å². The Labute approximate surface area is 208 Å². The molecule has 2 aromatic heterocycles. The van der Waals surface area contributed by atoms with E-state index >= 15 is 0 Å². The number of benzene rings is 6. The van der Waals surface area contributed by atoms with Crippen LogP contribution >= 0.6 is 0 Å². The number of hydrogen-bond donors (Lipinski definition) is 0. The normalized spacial score (nSPS) is 11.9. The standard InChI is InChI=1S/C34H22N2/c1-3-12-24(13-4-1)35-31-18-10-9-17-27(31)29-21-33-30(22-32(29)35)28-20-19-23-11-7-8-16-26(23)34(28)36(33)25-14-5-2-6-15-25/h1-22H. The molecule has 0 aliphatic carbocycles. The van der Waals surface area contributed by atoms with Crippen LogP contribution in [0.1, 0.15) is 0 Å². The molecule has 0 radical (unpaired) electrons. The average Bonchev–Trinajstić information content (AvgIpc) is 3.45. The lowest BCUT2D eigenvalue weighted by Gasteiger charge is -2.10. The van der Waals surface area contributed by atoms with Crippen molar-refractivity contribution in [2.24, 2.45) is 0 Å². The van der Waals surface area contributed by atoms with Crippen LogP contribution in [0.3, 0.4) is 0 Å². The minimum atomic E-state index is 1.18. The molecule has 0 aliphatic rings. The quantitative estimate of drug-likeness (QED) is 0.244. The molecule has 0 amide bonds. The molecule has 36 heavy (non-hydrogen) atoms. The summed E-state index contributed by atoms with van der Waals surface area (Å²) in [6, 6.07) is 48.2. The lowest BCUT2D eigenvalue weighted by molar-refractivity contribution is 1.18. The van der Waals surface area contributed by atoms with Crippen LogP contribution in [0, 0.1) is 0 Å². The molecule has 0 atom stereocenters. The molecule has 0 aliphatic heterocycles. The third-order valence-corrected chi connectivity index (χ3v) is 7.47. The van der Waals surface area contributed by atoms with Gasteiger partial charge in [0.15, 0.2) is 0 Å². The summed E-state index contributed by atoms with van der Waals surface area (Å²) in [5, 5.41) is 7.62. The van der Waals surface area contributed by atoms with Gasteiger partial charge in [0.05, 0.1) is 22.1 Å². The molecule has 2 nitrogen and oxygen atoms in total. The third kappa shape index (κ3) is 2.61. The summed E-state index contributed by atoms with van der Waals surface area (Å²) >= 11 is 0. The molecule has 0 N–H and O–H groups in total. The van der Waals surface area contributed by atoms with Gasteiger partial charge in [-0.2, -0.15) is 0 Å². The second-order valence-electron chi connectivity index (χ2n) is 9.43. The van der Waals surface area contributed by atoms with Crippen molar-refractivity contribution in [1.29, 1.82) is 0 Å². The Bertz CT molecular complexity index is 2080. The van der Waals surface area contributed by atoms with E-state index in [0.29, 0.717) is 0 Å². The Hall–Kier alpha value is -4.82. The molecule has 0 unspecified atom stereocenters. The fourth-order valence-corrected chi connectivity index (χ4v) is 5.94. The molecule has 0 bridgehead atoms. The van der Waals surface area contributed by atoms with Gasteiger partial charge in [0.2, 0.25) is 0 Å². The number of fused-ring (bicyclic) bond motifs is 8. The molecule has 8 rings (SSSR count). The SMILES string of the molecule is c1ccc(-n2c3ccccc3c3cc4c(cc32)c2ccc3ccccc3c2n4-c2ccccc2)cc1. The second-order valence-corrected chi connectivity index (χ2v) is 9.43. The van der Waals surface area contributed by atoms with E-state index in [2.05, 4.69) is 143 Å². The third-order valence-electron chi connectivity index (χ3n) is 7.47. The van der Waals surface area contributed by atoms with E-state index in [0.717, 1.165) is 0 Å². The molecule has 6 aromatic carbocycles. The molecule has 2 heterocycles. The zero-order valence-corrected chi connectivity index (χ0v) is 19.6. The van der Waals surface area contributed by atoms with E-state index in [1.54, 1.807) is 0 Å². The van der Waals surface area contributed by atoms with Crippen LogP contribution in [-0.4, -0.2) is 9.13 Å². The fraction of sp³-hybridized carbons (Fsp3) is 0. The maximum Gasteiger partial charge on any atom is 0.0619 e. The summed E-state index contributed by atoms with van der Waals surface area (Å²) < 4.78 is 4.85. The highest BCUT2D eigenvalue weighted by atomic mass is 15.0. The van der Waals surface area contributed by atoms with Gasteiger partial charge in [-0.25, -0.2) is 0 Å². The van der Waals surface area contributed by atoms with Crippen molar-refractivity contribution < 1.29 is 0 Å². The van der Waals surface area contributed by atoms with Gasteiger partial charge in [0.25, 0.3) is 0 Å². The molecule has 8 aromatic rings. The minimum absolute atomic E-state index is 1.18. The lowest BCUT2D eigenvalue weighted by Crippen LogP contribution is -1.94. The molecule has 168 valence electrons. The molecule has 0 spiro atoms. The van der Waals surface area contributed by atoms with E-state index in [1.165, 1.54) is 65.8 Å². The molecule has 2 heteroatoms. The van der Waals surface area contributed by atoms with E-state index in [1.807, 2.05) is 0 Å². The Balaban J connectivity index is 1.62. The maximum atomic E-state index is 2.45. The van der Waals surface area contributed by atoms with Crippen LogP contribution in [-0.2, 0) is 0 Å². The first kappa shape index (κ1) is 19.5. The van der Waals surface area contributed by atoms with Crippen molar-refractivity contribution in [2.45, 2.75) is 0 Å². The highest BCUT2D eigenvalue weighted by Crippen LogP contribution is 2.41. The summed E-state index contributed by atoms with van der Waals surface area (Å²) in [7, 11) is 0. The van der Waals surface area contributed by atoms with Crippen molar-refractivity contribution in [3.8, 4) is 11.4 Å². The molecule has 0 saturated heterocycles. The maximum absolute atomic E-state index is 2.45. The molecular weight excluding hydrogens is 436 g/mol. The Morgan fingerprint density at radius 2 is 0.889 bits per heavy atom. The summed E-state index contributed by atoms with van der Waals surface area (Å²) in [5.74, 6) is 0. The van der Waals surface area contributed by atoms with Gasteiger partial charge < -0.3 is 9.13 Å². The molecule has 0 fully saturated rings. The van der Waals surface area contributed by atoms with E-state index in [9.17, 15) is 0 Å². The van der Waals surface area contributed by atoms with Crippen LogP contribution in [0.2, 0.25) is 0 Å². The zero-order valence-electron chi connectivity index (χ0n) is 19.6. The Kier molecular flexibility index (Phi) is 3.97. The van der Waals surface area contributed by atoms with Gasteiger partial charge in [-0.15, -0.1) is 0 Å². The predicted octanol–water partition coefficient (Wildman–Crippen LogP) is 9.03.